The van der Waals surface area contributed by atoms with Gasteiger partial charge in [0.15, 0.2) is 0 Å². The molecule has 5 nitrogen and oxygen atoms in total. The number of nitrogens with one attached hydrogen (secondary N) is 1. The molecule has 0 spiro atoms. The van der Waals surface area contributed by atoms with Gasteiger partial charge in [0.1, 0.15) is 12.4 Å². The monoisotopic (exact) mass is 308 g/mol. The fraction of sp³-hybridized carbons (Fsp3) is 0.588. The molecular weight excluding hydrogens is 280 g/mol. The molecule has 22 heavy (non-hydrogen) atoms. The number of ether oxygens (including phenoxy) is 2. The van der Waals surface area contributed by atoms with Crippen LogP contribution in [0.25, 0.3) is 0 Å². The van der Waals surface area contributed by atoms with E-state index in [1.165, 1.54) is 0 Å². The number of benzene rings is 1. The second-order valence-electron chi connectivity index (χ2n) is 6.24. The molecule has 0 aliphatic heterocycles. The maximum atomic E-state index is 11.7. The molecule has 1 amide bonds. The number of carbonyl (C=O) groups is 1. The van der Waals surface area contributed by atoms with Gasteiger partial charge in [0.2, 0.25) is 5.91 Å². The quantitative estimate of drug-likeness (QED) is 0.719. The summed E-state index contributed by atoms with van der Waals surface area (Å²) in [7, 11) is 1.55. The maximum absolute atomic E-state index is 11.7. The van der Waals surface area contributed by atoms with Crippen molar-refractivity contribution in [2.24, 2.45) is 5.73 Å². The Morgan fingerprint density at radius 1 is 1.32 bits per heavy atom. The van der Waals surface area contributed by atoms with Crippen LogP contribution in [-0.2, 0) is 14.9 Å². The lowest BCUT2D eigenvalue weighted by molar-refractivity contribution is -0.123. The minimum absolute atomic E-state index is 0.0205. The van der Waals surface area contributed by atoms with Gasteiger partial charge < -0.3 is 20.5 Å². The van der Waals surface area contributed by atoms with Crippen molar-refractivity contribution in [1.82, 2.24) is 5.32 Å². The summed E-state index contributed by atoms with van der Waals surface area (Å²) in [5.74, 6) is 0.783. The summed E-state index contributed by atoms with van der Waals surface area (Å²) in [6, 6.07) is 7.98. The molecule has 0 heterocycles. The number of nitrogens with two attached hydrogens (primary N) is 1. The lowest BCUT2D eigenvalue weighted by atomic mass is 9.86. The first-order chi connectivity index (χ1) is 10.4. The largest absolute Gasteiger partial charge is 0.491 e. The highest BCUT2D eigenvalue weighted by Crippen LogP contribution is 2.30. The molecule has 0 bridgehead atoms. The van der Waals surface area contributed by atoms with Crippen molar-refractivity contribution in [3.63, 3.8) is 0 Å². The van der Waals surface area contributed by atoms with E-state index in [0.717, 1.165) is 11.3 Å². The fourth-order valence-electron chi connectivity index (χ4n) is 2.11. The van der Waals surface area contributed by atoms with Crippen molar-refractivity contribution in [3.05, 3.63) is 29.8 Å². The molecule has 0 fully saturated rings. The highest BCUT2D eigenvalue weighted by atomic mass is 16.5. The van der Waals surface area contributed by atoms with Crippen LogP contribution >= 0.6 is 0 Å². The van der Waals surface area contributed by atoms with Gasteiger partial charge in [0, 0.05) is 13.7 Å². The van der Waals surface area contributed by atoms with Crippen molar-refractivity contribution >= 4 is 5.91 Å². The van der Waals surface area contributed by atoms with Crippen molar-refractivity contribution in [2.45, 2.75) is 38.7 Å². The first-order valence-corrected chi connectivity index (χ1v) is 7.60. The molecular formula is C17H28N2O3. The molecule has 0 aromatic heterocycles. The van der Waals surface area contributed by atoms with E-state index < -0.39 is 0 Å². The van der Waals surface area contributed by atoms with Gasteiger partial charge in [-0.05, 0) is 17.0 Å². The molecule has 1 unspecified atom stereocenters. The highest BCUT2D eigenvalue weighted by Gasteiger charge is 2.18. The standard InChI is InChI=1S/C17H28N2O3/c1-17(2,3)14-7-5-6-8-15(14)22-10-9-19-16(20)11-13(12-18)21-4/h5-8,13H,9-12,18H2,1-4H3,(H,19,20). The van der Waals surface area contributed by atoms with Crippen LogP contribution in [0.15, 0.2) is 24.3 Å². The maximum Gasteiger partial charge on any atom is 0.222 e. The molecule has 1 atom stereocenters. The van der Waals surface area contributed by atoms with Crippen LogP contribution in [0.3, 0.4) is 0 Å². The molecule has 0 radical (unpaired) electrons. The van der Waals surface area contributed by atoms with E-state index in [4.69, 9.17) is 15.2 Å². The van der Waals surface area contributed by atoms with Crippen molar-refractivity contribution in [2.75, 3.05) is 26.8 Å². The Balaban J connectivity index is 2.41. The zero-order chi connectivity index (χ0) is 16.6. The van der Waals surface area contributed by atoms with Crippen LogP contribution in [0, 0.1) is 0 Å². The van der Waals surface area contributed by atoms with Gasteiger partial charge in [-0.25, -0.2) is 0 Å². The minimum atomic E-state index is -0.234. The van der Waals surface area contributed by atoms with Gasteiger partial charge in [-0.3, -0.25) is 4.79 Å². The summed E-state index contributed by atoms with van der Waals surface area (Å²) in [5.41, 5.74) is 6.67. The topological polar surface area (TPSA) is 73.6 Å². The lowest BCUT2D eigenvalue weighted by Crippen LogP contribution is -2.34. The summed E-state index contributed by atoms with van der Waals surface area (Å²) >= 11 is 0. The van der Waals surface area contributed by atoms with Crippen molar-refractivity contribution in [3.8, 4) is 5.75 Å². The number of rotatable bonds is 8. The van der Waals surface area contributed by atoms with Gasteiger partial charge in [0.25, 0.3) is 0 Å². The van der Waals surface area contributed by atoms with E-state index in [1.54, 1.807) is 7.11 Å². The third kappa shape index (κ3) is 6.03. The number of methoxy groups -OCH3 is 1. The Hall–Kier alpha value is -1.59. The molecule has 3 N–H and O–H groups in total. The summed E-state index contributed by atoms with van der Waals surface area (Å²) in [5, 5.41) is 2.81. The van der Waals surface area contributed by atoms with Crippen LogP contribution in [-0.4, -0.2) is 38.8 Å². The van der Waals surface area contributed by atoms with E-state index in [0.29, 0.717) is 19.7 Å². The van der Waals surface area contributed by atoms with Crippen LogP contribution in [0.4, 0.5) is 0 Å². The highest BCUT2D eigenvalue weighted by molar-refractivity contribution is 5.76. The summed E-state index contributed by atoms with van der Waals surface area (Å²) < 4.78 is 10.9. The number of hydrogen-bond acceptors (Lipinski definition) is 4. The molecule has 1 aromatic carbocycles. The van der Waals surface area contributed by atoms with E-state index in [9.17, 15) is 4.79 Å². The SMILES string of the molecule is COC(CN)CC(=O)NCCOc1ccccc1C(C)(C)C. The van der Waals surface area contributed by atoms with Crippen LogP contribution in [0.5, 0.6) is 5.75 Å². The molecule has 0 saturated carbocycles. The van der Waals surface area contributed by atoms with Crippen LogP contribution in [0.1, 0.15) is 32.8 Å². The van der Waals surface area contributed by atoms with E-state index in [-0.39, 0.29) is 23.8 Å². The summed E-state index contributed by atoms with van der Waals surface area (Å²) in [6.45, 7) is 7.66. The summed E-state index contributed by atoms with van der Waals surface area (Å²) in [6.07, 6.45) is 0.0357. The smallest absolute Gasteiger partial charge is 0.222 e. The molecule has 0 aliphatic rings. The average molecular weight is 308 g/mol. The van der Waals surface area contributed by atoms with Crippen molar-refractivity contribution < 1.29 is 14.3 Å². The van der Waals surface area contributed by atoms with Crippen LogP contribution in [0.2, 0.25) is 0 Å². The average Bonchev–Trinajstić information content (AvgIpc) is 2.48. The number of amides is 1. The minimum Gasteiger partial charge on any atom is -0.491 e. The Bertz CT molecular complexity index is 465. The predicted octanol–water partition coefficient (Wildman–Crippen LogP) is 1.84. The second kappa shape index (κ2) is 8.76. The first-order valence-electron chi connectivity index (χ1n) is 7.60. The molecule has 0 saturated heterocycles. The van der Waals surface area contributed by atoms with E-state index in [1.807, 2.05) is 18.2 Å². The zero-order valence-corrected chi connectivity index (χ0v) is 14.0. The number of para-hydroxylation sites is 1. The molecule has 1 aromatic rings. The Morgan fingerprint density at radius 3 is 2.59 bits per heavy atom. The lowest BCUT2D eigenvalue weighted by Gasteiger charge is -2.22. The Labute approximate surface area is 133 Å². The summed E-state index contributed by atoms with van der Waals surface area (Å²) in [4.78, 5) is 11.7. The molecule has 0 aliphatic carbocycles. The predicted molar refractivity (Wildman–Crippen MR) is 88.1 cm³/mol. The Kier molecular flexibility index (Phi) is 7.35. The van der Waals surface area contributed by atoms with Gasteiger partial charge >= 0.3 is 0 Å². The number of carbonyl (C=O) groups excluding carboxylic acids is 1. The normalized spacial score (nSPS) is 12.8. The van der Waals surface area contributed by atoms with Gasteiger partial charge in [-0.1, -0.05) is 39.0 Å². The third-order valence-corrected chi connectivity index (χ3v) is 3.39. The Morgan fingerprint density at radius 2 is 2.00 bits per heavy atom. The van der Waals surface area contributed by atoms with Gasteiger partial charge in [-0.2, -0.15) is 0 Å². The first kappa shape index (κ1) is 18.5. The number of hydrogen-bond donors (Lipinski definition) is 2. The van der Waals surface area contributed by atoms with E-state index in [2.05, 4.69) is 32.2 Å². The van der Waals surface area contributed by atoms with Crippen LogP contribution < -0.4 is 15.8 Å². The fourth-order valence-corrected chi connectivity index (χ4v) is 2.11. The van der Waals surface area contributed by atoms with Crippen molar-refractivity contribution in [1.29, 1.82) is 0 Å². The second-order valence-corrected chi connectivity index (χ2v) is 6.24. The van der Waals surface area contributed by atoms with E-state index >= 15 is 0 Å². The molecule has 1 rings (SSSR count). The third-order valence-electron chi connectivity index (χ3n) is 3.39. The van der Waals surface area contributed by atoms with Gasteiger partial charge in [0.05, 0.1) is 19.1 Å². The van der Waals surface area contributed by atoms with Gasteiger partial charge in [-0.15, -0.1) is 0 Å². The zero-order valence-electron chi connectivity index (χ0n) is 14.0. The molecule has 5 heteroatoms. The molecule has 124 valence electrons.